The molecule has 1 fully saturated rings. The van der Waals surface area contributed by atoms with Crippen molar-refractivity contribution in [3.8, 4) is 5.75 Å². The molecule has 0 radical (unpaired) electrons. The number of nitrogens with zero attached hydrogens (tertiary/aromatic N) is 1. The van der Waals surface area contributed by atoms with Crippen LogP contribution < -0.4 is 10.5 Å². The second-order valence-electron chi connectivity index (χ2n) is 6.47. The van der Waals surface area contributed by atoms with E-state index >= 15 is 0 Å². The molecular formula is C18H26N2O3. The zero-order chi connectivity index (χ0) is 17.1. The zero-order valence-electron chi connectivity index (χ0n) is 14.4. The molecule has 126 valence electrons. The van der Waals surface area contributed by atoms with Crippen LogP contribution in [0, 0.1) is 26.7 Å². The Bertz CT molecular complexity index is 605. The summed E-state index contributed by atoms with van der Waals surface area (Å²) < 4.78 is 5.91. The maximum absolute atomic E-state index is 12.5. The van der Waals surface area contributed by atoms with Gasteiger partial charge < -0.3 is 15.4 Å². The van der Waals surface area contributed by atoms with Crippen molar-refractivity contribution in [3.63, 3.8) is 0 Å². The standard InChI is InChI=1S/C18H26N2O3/c1-11-9-12(2)13(3)16(10-11)23-14(4)18(22)20-7-5-15(6-8-20)17(19)21/h9-10,14-15H,5-8H2,1-4H3,(H2,19,21)/t14-/m1/s1. The number of ether oxygens (including phenoxy) is 1. The number of primary amides is 1. The highest BCUT2D eigenvalue weighted by Gasteiger charge is 2.29. The predicted molar refractivity (Wildman–Crippen MR) is 89.2 cm³/mol. The summed E-state index contributed by atoms with van der Waals surface area (Å²) in [5, 5.41) is 0. The van der Waals surface area contributed by atoms with Gasteiger partial charge in [0.25, 0.3) is 5.91 Å². The third kappa shape index (κ3) is 4.03. The summed E-state index contributed by atoms with van der Waals surface area (Å²) in [4.78, 5) is 25.5. The summed E-state index contributed by atoms with van der Waals surface area (Å²) in [5.41, 5.74) is 8.66. The van der Waals surface area contributed by atoms with Gasteiger partial charge in [-0.3, -0.25) is 9.59 Å². The molecule has 0 aliphatic carbocycles. The molecule has 0 bridgehead atoms. The number of carbonyl (C=O) groups is 2. The van der Waals surface area contributed by atoms with Crippen molar-refractivity contribution >= 4 is 11.8 Å². The lowest BCUT2D eigenvalue weighted by molar-refractivity contribution is -0.140. The van der Waals surface area contributed by atoms with E-state index in [1.54, 1.807) is 11.8 Å². The van der Waals surface area contributed by atoms with Crippen molar-refractivity contribution in [2.45, 2.75) is 46.6 Å². The molecule has 0 spiro atoms. The molecular weight excluding hydrogens is 292 g/mol. The number of aryl methyl sites for hydroxylation is 2. The summed E-state index contributed by atoms with van der Waals surface area (Å²) in [6.07, 6.45) is 0.729. The van der Waals surface area contributed by atoms with E-state index in [1.165, 1.54) is 0 Å². The molecule has 0 saturated carbocycles. The monoisotopic (exact) mass is 318 g/mol. The van der Waals surface area contributed by atoms with E-state index in [9.17, 15) is 9.59 Å². The maximum atomic E-state index is 12.5. The number of hydrogen-bond donors (Lipinski definition) is 1. The molecule has 0 unspecified atom stereocenters. The van der Waals surface area contributed by atoms with E-state index < -0.39 is 6.10 Å². The molecule has 1 aromatic carbocycles. The van der Waals surface area contributed by atoms with E-state index in [0.29, 0.717) is 25.9 Å². The minimum absolute atomic E-state index is 0.0357. The average molecular weight is 318 g/mol. The van der Waals surface area contributed by atoms with Gasteiger partial charge in [-0.2, -0.15) is 0 Å². The summed E-state index contributed by atoms with van der Waals surface area (Å²) in [6.45, 7) is 8.95. The quantitative estimate of drug-likeness (QED) is 0.924. The van der Waals surface area contributed by atoms with Gasteiger partial charge in [0.1, 0.15) is 5.75 Å². The summed E-state index contributed by atoms with van der Waals surface area (Å²) in [7, 11) is 0. The summed E-state index contributed by atoms with van der Waals surface area (Å²) in [6, 6.07) is 4.06. The highest BCUT2D eigenvalue weighted by molar-refractivity contribution is 5.82. The molecule has 1 heterocycles. The lowest BCUT2D eigenvalue weighted by Gasteiger charge is -2.32. The second kappa shape index (κ2) is 7.02. The van der Waals surface area contributed by atoms with Crippen molar-refractivity contribution in [2.24, 2.45) is 11.7 Å². The number of carbonyl (C=O) groups excluding carboxylic acids is 2. The Hall–Kier alpha value is -2.04. The second-order valence-corrected chi connectivity index (χ2v) is 6.47. The van der Waals surface area contributed by atoms with Crippen LogP contribution in [0.1, 0.15) is 36.5 Å². The Morgan fingerprint density at radius 3 is 2.39 bits per heavy atom. The lowest BCUT2D eigenvalue weighted by Crippen LogP contribution is -2.46. The van der Waals surface area contributed by atoms with Gasteiger partial charge in [0.05, 0.1) is 0 Å². The molecule has 1 aromatic rings. The largest absolute Gasteiger partial charge is 0.481 e. The van der Waals surface area contributed by atoms with E-state index in [1.807, 2.05) is 26.8 Å². The van der Waals surface area contributed by atoms with Crippen LogP contribution in [-0.2, 0) is 9.59 Å². The topological polar surface area (TPSA) is 72.6 Å². The van der Waals surface area contributed by atoms with Crippen molar-refractivity contribution in [2.75, 3.05) is 13.1 Å². The average Bonchev–Trinajstić information content (AvgIpc) is 2.51. The lowest BCUT2D eigenvalue weighted by atomic mass is 9.96. The minimum atomic E-state index is -0.542. The Morgan fingerprint density at radius 1 is 1.22 bits per heavy atom. The first-order valence-electron chi connectivity index (χ1n) is 8.12. The Balaban J connectivity index is 2.00. The van der Waals surface area contributed by atoms with Crippen LogP contribution in [0.15, 0.2) is 12.1 Å². The van der Waals surface area contributed by atoms with Crippen LogP contribution in [0.5, 0.6) is 5.75 Å². The fourth-order valence-corrected chi connectivity index (χ4v) is 3.01. The first-order valence-corrected chi connectivity index (χ1v) is 8.12. The van der Waals surface area contributed by atoms with E-state index in [0.717, 1.165) is 22.4 Å². The van der Waals surface area contributed by atoms with Gasteiger partial charge in [0.15, 0.2) is 6.10 Å². The molecule has 1 aliphatic heterocycles. The maximum Gasteiger partial charge on any atom is 0.263 e. The molecule has 23 heavy (non-hydrogen) atoms. The normalized spacial score (nSPS) is 17.0. The van der Waals surface area contributed by atoms with Crippen LogP contribution in [-0.4, -0.2) is 35.9 Å². The van der Waals surface area contributed by atoms with E-state index in [-0.39, 0.29) is 17.7 Å². The van der Waals surface area contributed by atoms with Gasteiger partial charge in [-0.15, -0.1) is 0 Å². The summed E-state index contributed by atoms with van der Waals surface area (Å²) >= 11 is 0. The van der Waals surface area contributed by atoms with Crippen LogP contribution in [0.2, 0.25) is 0 Å². The van der Waals surface area contributed by atoms with Crippen molar-refractivity contribution in [3.05, 3.63) is 28.8 Å². The summed E-state index contributed by atoms with van der Waals surface area (Å²) in [5.74, 6) is 0.339. The van der Waals surface area contributed by atoms with Gasteiger partial charge in [0.2, 0.25) is 5.91 Å². The van der Waals surface area contributed by atoms with Gasteiger partial charge >= 0.3 is 0 Å². The number of piperidine rings is 1. The fourth-order valence-electron chi connectivity index (χ4n) is 3.01. The molecule has 2 rings (SSSR count). The number of likely N-dealkylation sites (tertiary alicyclic amines) is 1. The van der Waals surface area contributed by atoms with Gasteiger partial charge in [-0.05, 0) is 63.3 Å². The highest BCUT2D eigenvalue weighted by atomic mass is 16.5. The Morgan fingerprint density at radius 2 is 1.83 bits per heavy atom. The number of nitrogens with two attached hydrogens (primary N) is 1. The Kier molecular flexibility index (Phi) is 5.29. The predicted octanol–water partition coefficient (Wildman–Crippen LogP) is 2.10. The molecule has 2 amide bonds. The third-order valence-electron chi connectivity index (χ3n) is 4.62. The van der Waals surface area contributed by atoms with Crippen molar-refractivity contribution in [1.29, 1.82) is 0 Å². The number of benzene rings is 1. The molecule has 1 atom stereocenters. The van der Waals surface area contributed by atoms with Crippen LogP contribution in [0.4, 0.5) is 0 Å². The number of amides is 2. The minimum Gasteiger partial charge on any atom is -0.481 e. The SMILES string of the molecule is Cc1cc(C)c(C)c(O[C@H](C)C(=O)N2CCC(C(N)=O)CC2)c1. The molecule has 5 heteroatoms. The van der Waals surface area contributed by atoms with Gasteiger partial charge in [0, 0.05) is 19.0 Å². The highest BCUT2D eigenvalue weighted by Crippen LogP contribution is 2.25. The van der Waals surface area contributed by atoms with Gasteiger partial charge in [-0.1, -0.05) is 6.07 Å². The van der Waals surface area contributed by atoms with Crippen molar-refractivity contribution in [1.82, 2.24) is 4.90 Å². The number of rotatable bonds is 4. The number of hydrogen-bond acceptors (Lipinski definition) is 3. The Labute approximate surface area is 137 Å². The van der Waals surface area contributed by atoms with Crippen molar-refractivity contribution < 1.29 is 14.3 Å². The molecule has 2 N–H and O–H groups in total. The third-order valence-corrected chi connectivity index (χ3v) is 4.62. The molecule has 1 saturated heterocycles. The fraction of sp³-hybridized carbons (Fsp3) is 0.556. The van der Waals surface area contributed by atoms with Crippen LogP contribution in [0.3, 0.4) is 0 Å². The van der Waals surface area contributed by atoms with Crippen LogP contribution in [0.25, 0.3) is 0 Å². The first-order chi connectivity index (χ1) is 10.8. The smallest absolute Gasteiger partial charge is 0.263 e. The molecule has 0 aromatic heterocycles. The van der Waals surface area contributed by atoms with E-state index in [2.05, 4.69) is 6.07 Å². The van der Waals surface area contributed by atoms with E-state index in [4.69, 9.17) is 10.5 Å². The molecule has 5 nitrogen and oxygen atoms in total. The molecule has 1 aliphatic rings. The first kappa shape index (κ1) is 17.3. The van der Waals surface area contributed by atoms with Gasteiger partial charge in [-0.25, -0.2) is 0 Å². The van der Waals surface area contributed by atoms with Crippen LogP contribution >= 0.6 is 0 Å². The zero-order valence-corrected chi connectivity index (χ0v) is 14.4.